The second-order valence-electron chi connectivity index (χ2n) is 4.28. The molecular weight excluding hydrogens is 319 g/mol. The number of hydrogen-bond acceptors (Lipinski definition) is 5. The molecule has 0 bridgehead atoms. The molecular formula is C13H14F3N3S2. The molecule has 0 saturated carbocycles. The van der Waals surface area contributed by atoms with Gasteiger partial charge in [-0.3, -0.25) is 0 Å². The maximum atomic E-state index is 12.5. The minimum absolute atomic E-state index is 0.00899. The van der Waals surface area contributed by atoms with E-state index in [9.17, 15) is 13.2 Å². The van der Waals surface area contributed by atoms with Gasteiger partial charge >= 0.3 is 6.18 Å². The highest BCUT2D eigenvalue weighted by molar-refractivity contribution is 8.01. The molecule has 8 heteroatoms. The van der Waals surface area contributed by atoms with Crippen LogP contribution in [0.4, 0.5) is 18.3 Å². The summed E-state index contributed by atoms with van der Waals surface area (Å²) in [6.45, 7) is 4.67. The molecule has 0 aliphatic rings. The Morgan fingerprint density at radius 3 is 2.48 bits per heavy atom. The smallest absolute Gasteiger partial charge is 0.360 e. The first kappa shape index (κ1) is 16.1. The van der Waals surface area contributed by atoms with Crippen molar-refractivity contribution in [1.29, 1.82) is 0 Å². The number of thioether (sulfide) groups is 1. The van der Waals surface area contributed by atoms with Gasteiger partial charge in [-0.05, 0) is 31.5 Å². The van der Waals surface area contributed by atoms with Crippen LogP contribution in [-0.2, 0) is 6.18 Å². The summed E-state index contributed by atoms with van der Waals surface area (Å²) in [5, 5.41) is 11.9. The van der Waals surface area contributed by atoms with Crippen molar-refractivity contribution >= 4 is 28.2 Å². The number of alkyl halides is 3. The Morgan fingerprint density at radius 1 is 1.24 bits per heavy atom. The fourth-order valence-corrected chi connectivity index (χ4v) is 3.73. The van der Waals surface area contributed by atoms with Gasteiger partial charge in [0.05, 0.1) is 5.56 Å². The van der Waals surface area contributed by atoms with Crippen LogP contribution in [0.5, 0.6) is 0 Å². The fourth-order valence-electron chi connectivity index (χ4n) is 1.64. The Labute approximate surface area is 129 Å². The van der Waals surface area contributed by atoms with Crippen molar-refractivity contribution in [3.05, 3.63) is 35.4 Å². The monoisotopic (exact) mass is 333 g/mol. The highest BCUT2D eigenvalue weighted by Gasteiger charge is 2.30. The molecule has 0 amide bonds. The van der Waals surface area contributed by atoms with Crippen molar-refractivity contribution in [1.82, 2.24) is 10.2 Å². The standard InChI is InChI=1S/C13H14F3N3S2/c1-3-17-11-18-19-12(21-11)20-8(2)9-4-6-10(7-5-9)13(14,15)16/h4-8H,3H2,1-2H3,(H,17,18). The summed E-state index contributed by atoms with van der Waals surface area (Å²) < 4.78 is 38.3. The third-order valence-corrected chi connectivity index (χ3v) is 4.84. The minimum Gasteiger partial charge on any atom is -0.360 e. The predicted molar refractivity (Wildman–Crippen MR) is 79.8 cm³/mol. The van der Waals surface area contributed by atoms with Crippen molar-refractivity contribution in [3.63, 3.8) is 0 Å². The molecule has 3 nitrogen and oxygen atoms in total. The van der Waals surface area contributed by atoms with E-state index < -0.39 is 11.7 Å². The number of anilines is 1. The molecule has 0 aliphatic heterocycles. The van der Waals surface area contributed by atoms with Crippen LogP contribution < -0.4 is 5.32 Å². The summed E-state index contributed by atoms with van der Waals surface area (Å²) in [6.07, 6.45) is -4.30. The number of nitrogens with one attached hydrogen (secondary N) is 1. The third-order valence-electron chi connectivity index (χ3n) is 2.72. The molecule has 1 atom stereocenters. The zero-order valence-corrected chi connectivity index (χ0v) is 13.1. The molecule has 0 saturated heterocycles. The Kier molecular flexibility index (Phi) is 5.10. The van der Waals surface area contributed by atoms with Crippen molar-refractivity contribution in [2.24, 2.45) is 0 Å². The topological polar surface area (TPSA) is 37.8 Å². The molecule has 2 aromatic rings. The Bertz CT molecular complexity index is 581. The van der Waals surface area contributed by atoms with E-state index in [-0.39, 0.29) is 5.25 Å². The van der Waals surface area contributed by atoms with Gasteiger partial charge in [0.25, 0.3) is 0 Å². The SMILES string of the molecule is CCNc1nnc(SC(C)c2ccc(C(F)(F)F)cc2)s1. The van der Waals surface area contributed by atoms with Crippen LogP contribution in [0.15, 0.2) is 28.6 Å². The maximum absolute atomic E-state index is 12.5. The maximum Gasteiger partial charge on any atom is 0.416 e. The second-order valence-corrected chi connectivity index (χ2v) is 6.85. The molecule has 1 aromatic heterocycles. The molecule has 1 heterocycles. The van der Waals surface area contributed by atoms with Gasteiger partial charge in [0, 0.05) is 11.8 Å². The fraction of sp³-hybridized carbons (Fsp3) is 0.385. The predicted octanol–water partition coefficient (Wildman–Crippen LogP) is 4.84. The number of aromatic nitrogens is 2. The van der Waals surface area contributed by atoms with E-state index in [1.807, 2.05) is 13.8 Å². The number of benzene rings is 1. The second kappa shape index (κ2) is 6.65. The molecule has 1 unspecified atom stereocenters. The molecule has 0 spiro atoms. The van der Waals surface area contributed by atoms with Crippen LogP contribution in [0.2, 0.25) is 0 Å². The first-order valence-corrected chi connectivity index (χ1v) is 8.01. The summed E-state index contributed by atoms with van der Waals surface area (Å²) in [5.74, 6) is 0. The Morgan fingerprint density at radius 2 is 1.90 bits per heavy atom. The number of nitrogens with zero attached hydrogens (tertiary/aromatic N) is 2. The first-order valence-electron chi connectivity index (χ1n) is 6.31. The Hall–Kier alpha value is -1.28. The van der Waals surface area contributed by atoms with Crippen molar-refractivity contribution in [2.45, 2.75) is 29.6 Å². The molecule has 21 heavy (non-hydrogen) atoms. The van der Waals surface area contributed by atoms with E-state index in [0.717, 1.165) is 33.7 Å². The zero-order chi connectivity index (χ0) is 15.5. The van der Waals surface area contributed by atoms with Crippen LogP contribution >= 0.6 is 23.1 Å². The van der Waals surface area contributed by atoms with E-state index in [2.05, 4.69) is 15.5 Å². The average molecular weight is 333 g/mol. The van der Waals surface area contributed by atoms with Gasteiger partial charge in [-0.25, -0.2) is 0 Å². The largest absolute Gasteiger partial charge is 0.416 e. The van der Waals surface area contributed by atoms with Crippen LogP contribution in [0.3, 0.4) is 0 Å². The number of hydrogen-bond donors (Lipinski definition) is 1. The molecule has 0 radical (unpaired) electrons. The Balaban J connectivity index is 2.04. The molecule has 0 aliphatic carbocycles. The zero-order valence-electron chi connectivity index (χ0n) is 11.4. The normalized spacial score (nSPS) is 13.2. The van der Waals surface area contributed by atoms with Crippen molar-refractivity contribution in [3.8, 4) is 0 Å². The van der Waals surface area contributed by atoms with Crippen molar-refractivity contribution in [2.75, 3.05) is 11.9 Å². The molecule has 0 fully saturated rings. The van der Waals surface area contributed by atoms with Crippen LogP contribution in [0.1, 0.15) is 30.2 Å². The summed E-state index contributed by atoms with van der Waals surface area (Å²) >= 11 is 2.92. The van der Waals surface area contributed by atoms with Crippen molar-refractivity contribution < 1.29 is 13.2 Å². The van der Waals surface area contributed by atoms with E-state index in [1.165, 1.54) is 35.2 Å². The summed E-state index contributed by atoms with van der Waals surface area (Å²) in [7, 11) is 0. The lowest BCUT2D eigenvalue weighted by atomic mass is 10.1. The van der Waals surface area contributed by atoms with Gasteiger partial charge in [-0.15, -0.1) is 10.2 Å². The van der Waals surface area contributed by atoms with E-state index in [4.69, 9.17) is 0 Å². The quantitative estimate of drug-likeness (QED) is 0.794. The minimum atomic E-state index is -4.30. The highest BCUT2D eigenvalue weighted by Crippen LogP contribution is 2.38. The molecule has 114 valence electrons. The first-order chi connectivity index (χ1) is 9.90. The van der Waals surface area contributed by atoms with E-state index in [1.54, 1.807) is 0 Å². The average Bonchev–Trinajstić information content (AvgIpc) is 2.86. The lowest BCUT2D eigenvalue weighted by Crippen LogP contribution is -2.04. The summed E-state index contributed by atoms with van der Waals surface area (Å²) in [6, 6.07) is 5.23. The molecule has 2 rings (SSSR count). The third kappa shape index (κ3) is 4.34. The lowest BCUT2D eigenvalue weighted by Gasteiger charge is -2.11. The van der Waals surface area contributed by atoms with Crippen LogP contribution in [-0.4, -0.2) is 16.7 Å². The number of halogens is 3. The summed E-state index contributed by atoms with van der Waals surface area (Å²) in [4.78, 5) is 0. The van der Waals surface area contributed by atoms with Crippen LogP contribution in [0, 0.1) is 0 Å². The van der Waals surface area contributed by atoms with Gasteiger partial charge in [0.2, 0.25) is 5.13 Å². The summed E-state index contributed by atoms with van der Waals surface area (Å²) in [5.41, 5.74) is 0.196. The lowest BCUT2D eigenvalue weighted by molar-refractivity contribution is -0.137. The van der Waals surface area contributed by atoms with E-state index in [0.29, 0.717) is 0 Å². The van der Waals surface area contributed by atoms with Gasteiger partial charge in [-0.1, -0.05) is 35.2 Å². The van der Waals surface area contributed by atoms with Gasteiger partial charge in [-0.2, -0.15) is 13.2 Å². The van der Waals surface area contributed by atoms with Crippen LogP contribution in [0.25, 0.3) is 0 Å². The van der Waals surface area contributed by atoms with Gasteiger partial charge < -0.3 is 5.32 Å². The molecule has 1 N–H and O–H groups in total. The van der Waals surface area contributed by atoms with Gasteiger partial charge in [0.15, 0.2) is 4.34 Å². The van der Waals surface area contributed by atoms with Gasteiger partial charge in [0.1, 0.15) is 0 Å². The highest BCUT2D eigenvalue weighted by atomic mass is 32.2. The molecule has 1 aromatic carbocycles. The van der Waals surface area contributed by atoms with E-state index >= 15 is 0 Å². The number of rotatable bonds is 5.